The lowest BCUT2D eigenvalue weighted by molar-refractivity contribution is -0.143. The van der Waals surface area contributed by atoms with Crippen LogP contribution in [0.4, 0.5) is 0 Å². The Bertz CT molecular complexity index is 1010. The Kier molecular flexibility index (Phi) is 10.2. The maximum Gasteiger partial charge on any atom is 0.328 e. The van der Waals surface area contributed by atoms with Gasteiger partial charge in [-0.15, -0.1) is 0 Å². The topological polar surface area (TPSA) is 191 Å². The molecule has 0 aliphatic rings. The third-order valence-electron chi connectivity index (χ3n) is 5.14. The van der Waals surface area contributed by atoms with Crippen LogP contribution in [0.5, 0.6) is 5.75 Å². The van der Waals surface area contributed by atoms with E-state index in [9.17, 15) is 29.4 Å². The lowest BCUT2D eigenvalue weighted by Crippen LogP contribution is -2.58. The highest BCUT2D eigenvalue weighted by atomic mass is 16.4. The lowest BCUT2D eigenvalue weighted by Gasteiger charge is -2.25. The molecule has 0 spiro atoms. The predicted molar refractivity (Wildman–Crippen MR) is 126 cm³/mol. The van der Waals surface area contributed by atoms with Gasteiger partial charge in [-0.1, -0.05) is 42.5 Å². The fraction of sp³-hybridized carbons (Fsp3) is 0.333. The number of phenolic OH excluding ortho intramolecular Hbond substituents is 1. The van der Waals surface area contributed by atoms with Crippen LogP contribution in [0.3, 0.4) is 0 Å². The molecular weight excluding hydrogens is 456 g/mol. The second-order valence-electron chi connectivity index (χ2n) is 8.05. The molecule has 2 rings (SSSR count). The van der Waals surface area contributed by atoms with Crippen molar-refractivity contribution in [3.8, 4) is 5.75 Å². The predicted octanol–water partition coefficient (Wildman–Crippen LogP) is -0.944. The van der Waals surface area contributed by atoms with Crippen LogP contribution in [0, 0.1) is 0 Å². The number of aromatic hydroxyl groups is 1. The first-order chi connectivity index (χ1) is 16.6. The average molecular weight is 487 g/mol. The minimum atomic E-state index is -1.57. The van der Waals surface area contributed by atoms with Crippen molar-refractivity contribution in [1.82, 2.24) is 16.0 Å². The fourth-order valence-corrected chi connectivity index (χ4v) is 3.17. The molecule has 0 aliphatic heterocycles. The number of aliphatic hydroxyl groups excluding tert-OH is 1. The van der Waals surface area contributed by atoms with Crippen LogP contribution in [0.25, 0.3) is 0 Å². The molecule has 2 aromatic carbocycles. The lowest BCUT2D eigenvalue weighted by atomic mass is 10.0. The van der Waals surface area contributed by atoms with Crippen molar-refractivity contribution in [1.29, 1.82) is 0 Å². The van der Waals surface area contributed by atoms with E-state index in [1.807, 2.05) is 0 Å². The van der Waals surface area contributed by atoms with E-state index in [1.165, 1.54) is 19.1 Å². The van der Waals surface area contributed by atoms with Gasteiger partial charge in [0.2, 0.25) is 17.7 Å². The molecule has 188 valence electrons. The number of carbonyl (C=O) groups excluding carboxylic acids is 3. The van der Waals surface area contributed by atoms with E-state index in [2.05, 4.69) is 16.0 Å². The summed E-state index contributed by atoms with van der Waals surface area (Å²) in [6, 6.07) is 10.0. The first kappa shape index (κ1) is 27.3. The Labute approximate surface area is 202 Å². The number of amides is 3. The van der Waals surface area contributed by atoms with E-state index in [0.29, 0.717) is 5.56 Å². The Morgan fingerprint density at radius 1 is 0.771 bits per heavy atom. The van der Waals surface area contributed by atoms with Gasteiger partial charge in [-0.25, -0.2) is 4.79 Å². The number of aliphatic carboxylic acids is 1. The first-order valence-electron chi connectivity index (χ1n) is 10.9. The molecule has 11 nitrogen and oxygen atoms in total. The summed E-state index contributed by atoms with van der Waals surface area (Å²) in [4.78, 5) is 49.6. The van der Waals surface area contributed by atoms with Gasteiger partial charge >= 0.3 is 5.97 Å². The molecule has 0 radical (unpaired) electrons. The number of carbonyl (C=O) groups is 4. The van der Waals surface area contributed by atoms with Crippen molar-refractivity contribution in [3.63, 3.8) is 0 Å². The summed E-state index contributed by atoms with van der Waals surface area (Å²) >= 11 is 0. The number of hydrogen-bond acceptors (Lipinski definition) is 7. The van der Waals surface area contributed by atoms with Gasteiger partial charge in [0.25, 0.3) is 0 Å². The van der Waals surface area contributed by atoms with Crippen LogP contribution in [0.1, 0.15) is 18.1 Å². The summed E-state index contributed by atoms with van der Waals surface area (Å²) < 4.78 is 0. The second-order valence-corrected chi connectivity index (χ2v) is 8.05. The number of rotatable bonds is 12. The zero-order chi connectivity index (χ0) is 26.0. The summed E-state index contributed by atoms with van der Waals surface area (Å²) in [6.45, 7) is 0.622. The van der Waals surface area contributed by atoms with Gasteiger partial charge in [-0.2, -0.15) is 0 Å². The standard InChI is InChI=1S/C24H30N4O7/c1-14(25)21(31)26-18(11-15-5-3-2-4-6-15)22(32)27-19(12-16-7-9-17(30)10-8-16)23(33)28-20(13-29)24(34)35/h2-10,14,18-20,29-30H,11-13,25H2,1H3,(H,26,31)(H,27,32)(H,28,33)(H,34,35). The van der Waals surface area contributed by atoms with E-state index in [1.54, 1.807) is 42.5 Å². The van der Waals surface area contributed by atoms with Crippen LogP contribution >= 0.6 is 0 Å². The number of hydrogen-bond donors (Lipinski definition) is 7. The Morgan fingerprint density at radius 2 is 1.23 bits per heavy atom. The van der Waals surface area contributed by atoms with E-state index in [0.717, 1.165) is 5.56 Å². The van der Waals surface area contributed by atoms with E-state index >= 15 is 0 Å². The number of carboxylic acids is 1. The fourth-order valence-electron chi connectivity index (χ4n) is 3.17. The number of benzene rings is 2. The van der Waals surface area contributed by atoms with E-state index < -0.39 is 54.5 Å². The van der Waals surface area contributed by atoms with Crippen molar-refractivity contribution < 1.29 is 34.5 Å². The minimum Gasteiger partial charge on any atom is -0.508 e. The largest absolute Gasteiger partial charge is 0.508 e. The van der Waals surface area contributed by atoms with Gasteiger partial charge < -0.3 is 37.0 Å². The van der Waals surface area contributed by atoms with Crippen LogP contribution in [-0.4, -0.2) is 69.8 Å². The van der Waals surface area contributed by atoms with Gasteiger partial charge in [0.05, 0.1) is 12.6 Å². The summed E-state index contributed by atoms with van der Waals surface area (Å²) in [5.41, 5.74) is 6.95. The molecule has 11 heteroatoms. The molecule has 8 N–H and O–H groups in total. The number of carboxylic acid groups (broad SMARTS) is 1. The molecule has 0 saturated heterocycles. The smallest absolute Gasteiger partial charge is 0.328 e. The summed E-state index contributed by atoms with van der Waals surface area (Å²) in [5, 5.41) is 35.3. The van der Waals surface area contributed by atoms with Crippen LogP contribution in [-0.2, 0) is 32.0 Å². The molecule has 0 fully saturated rings. The van der Waals surface area contributed by atoms with Gasteiger partial charge in [0, 0.05) is 12.8 Å². The van der Waals surface area contributed by atoms with Crippen LogP contribution < -0.4 is 21.7 Å². The van der Waals surface area contributed by atoms with Crippen LogP contribution in [0.2, 0.25) is 0 Å². The average Bonchev–Trinajstić information content (AvgIpc) is 2.83. The van der Waals surface area contributed by atoms with Crippen molar-refractivity contribution in [3.05, 3.63) is 65.7 Å². The normalized spacial score (nSPS) is 14.1. The zero-order valence-electron chi connectivity index (χ0n) is 19.2. The first-order valence-corrected chi connectivity index (χ1v) is 10.9. The number of aliphatic hydroxyl groups is 1. The highest BCUT2D eigenvalue weighted by molar-refractivity contribution is 5.94. The van der Waals surface area contributed by atoms with Crippen LogP contribution in [0.15, 0.2) is 54.6 Å². The van der Waals surface area contributed by atoms with Crippen molar-refractivity contribution in [2.75, 3.05) is 6.61 Å². The highest BCUT2D eigenvalue weighted by Crippen LogP contribution is 2.12. The third-order valence-corrected chi connectivity index (χ3v) is 5.14. The maximum absolute atomic E-state index is 13.2. The molecule has 2 aromatic rings. The van der Waals surface area contributed by atoms with Crippen molar-refractivity contribution in [2.45, 2.75) is 43.9 Å². The molecule has 4 atom stereocenters. The number of nitrogens with one attached hydrogen (secondary N) is 3. The summed E-state index contributed by atoms with van der Waals surface area (Å²) in [7, 11) is 0. The quantitative estimate of drug-likeness (QED) is 0.200. The van der Waals surface area contributed by atoms with E-state index in [4.69, 9.17) is 10.8 Å². The molecule has 0 saturated carbocycles. The van der Waals surface area contributed by atoms with Gasteiger partial charge in [0.1, 0.15) is 23.9 Å². The number of phenols is 1. The molecule has 3 amide bonds. The summed E-state index contributed by atoms with van der Waals surface area (Å²) in [6.07, 6.45) is 0.0714. The minimum absolute atomic E-state index is 0.00607. The van der Waals surface area contributed by atoms with Gasteiger partial charge in [0.15, 0.2) is 0 Å². The Balaban J connectivity index is 2.28. The molecule has 0 aliphatic carbocycles. The molecule has 4 unspecified atom stereocenters. The third kappa shape index (κ3) is 8.72. The van der Waals surface area contributed by atoms with Crippen molar-refractivity contribution >= 4 is 23.7 Å². The Hall–Kier alpha value is -3.96. The van der Waals surface area contributed by atoms with Gasteiger partial charge in [-0.3, -0.25) is 14.4 Å². The molecule has 0 aromatic heterocycles. The SMILES string of the molecule is CC(N)C(=O)NC(Cc1ccccc1)C(=O)NC(Cc1ccc(O)cc1)C(=O)NC(CO)C(=O)O. The molecular formula is C24H30N4O7. The Morgan fingerprint density at radius 3 is 1.69 bits per heavy atom. The molecule has 0 heterocycles. The van der Waals surface area contributed by atoms with Gasteiger partial charge in [-0.05, 0) is 30.2 Å². The maximum atomic E-state index is 13.2. The summed E-state index contributed by atoms with van der Waals surface area (Å²) in [5.74, 6) is -3.53. The molecule has 35 heavy (non-hydrogen) atoms. The zero-order valence-corrected chi connectivity index (χ0v) is 19.2. The van der Waals surface area contributed by atoms with Crippen molar-refractivity contribution in [2.24, 2.45) is 5.73 Å². The monoisotopic (exact) mass is 486 g/mol. The van der Waals surface area contributed by atoms with E-state index in [-0.39, 0.29) is 18.6 Å². The molecule has 0 bridgehead atoms. The number of nitrogens with two attached hydrogens (primary N) is 1. The second kappa shape index (κ2) is 13.1. The highest BCUT2D eigenvalue weighted by Gasteiger charge is 2.30.